The highest BCUT2D eigenvalue weighted by atomic mass is 79.9. The van der Waals surface area contributed by atoms with Gasteiger partial charge in [-0.1, -0.05) is 58.4 Å². The topological polar surface area (TPSA) is 78.4 Å². The first-order valence-corrected chi connectivity index (χ1v) is 14.1. The van der Waals surface area contributed by atoms with Crippen molar-refractivity contribution >= 4 is 44.0 Å². The van der Waals surface area contributed by atoms with Crippen LogP contribution < -0.4 is 24.4 Å². The summed E-state index contributed by atoms with van der Waals surface area (Å²) < 4.78 is 24.9. The average Bonchev–Trinajstić information content (AvgIpc) is 2.97. The molecular formula is C31H28Br2N2O5. The second-order valence-corrected chi connectivity index (χ2v) is 10.3. The zero-order chi connectivity index (χ0) is 28.3. The van der Waals surface area contributed by atoms with Gasteiger partial charge in [0.1, 0.15) is 13.2 Å². The van der Waals surface area contributed by atoms with Gasteiger partial charge in [-0.15, -0.1) is 0 Å². The first-order chi connectivity index (χ1) is 19.5. The number of hydrazone groups is 1. The number of hydrogen-bond donors (Lipinski definition) is 1. The van der Waals surface area contributed by atoms with Crippen molar-refractivity contribution in [3.05, 3.63) is 116 Å². The SMILES string of the molecule is CCOc1cc(/C=N/NC(=O)c2ccc(OCc3ccccc3)c(OC)c2)cc(Br)c1OCc1ccc(Br)cc1. The highest BCUT2D eigenvalue weighted by Gasteiger charge is 2.14. The minimum atomic E-state index is -0.386. The first-order valence-electron chi connectivity index (χ1n) is 12.5. The van der Waals surface area contributed by atoms with Gasteiger partial charge in [0, 0.05) is 10.0 Å². The van der Waals surface area contributed by atoms with Gasteiger partial charge in [-0.2, -0.15) is 5.10 Å². The Kier molecular flexibility index (Phi) is 10.6. The molecule has 206 valence electrons. The smallest absolute Gasteiger partial charge is 0.271 e. The molecule has 1 N–H and O–H groups in total. The molecule has 7 nitrogen and oxygen atoms in total. The van der Waals surface area contributed by atoms with E-state index in [0.717, 1.165) is 15.6 Å². The molecule has 0 aliphatic carbocycles. The second kappa shape index (κ2) is 14.5. The van der Waals surface area contributed by atoms with Crippen LogP contribution in [0.4, 0.5) is 0 Å². The Bertz CT molecular complexity index is 1460. The Morgan fingerprint density at radius 3 is 2.27 bits per heavy atom. The molecule has 1 amide bonds. The molecule has 0 saturated heterocycles. The normalized spacial score (nSPS) is 10.8. The van der Waals surface area contributed by atoms with Crippen LogP contribution >= 0.6 is 31.9 Å². The summed E-state index contributed by atoms with van der Waals surface area (Å²) in [6, 6.07) is 26.4. The number of carbonyl (C=O) groups is 1. The quantitative estimate of drug-likeness (QED) is 0.125. The molecule has 4 aromatic carbocycles. The van der Waals surface area contributed by atoms with Crippen LogP contribution in [0.1, 0.15) is 34.0 Å². The molecule has 0 radical (unpaired) electrons. The molecule has 0 aromatic heterocycles. The molecule has 0 atom stereocenters. The largest absolute Gasteiger partial charge is 0.493 e. The number of benzene rings is 4. The zero-order valence-corrected chi connectivity index (χ0v) is 25.2. The molecule has 0 heterocycles. The maximum atomic E-state index is 12.7. The Hall–Kier alpha value is -3.82. The van der Waals surface area contributed by atoms with Crippen molar-refractivity contribution in [2.75, 3.05) is 13.7 Å². The third kappa shape index (κ3) is 8.09. The van der Waals surface area contributed by atoms with E-state index in [-0.39, 0.29) is 5.91 Å². The third-order valence-electron chi connectivity index (χ3n) is 5.67. The van der Waals surface area contributed by atoms with Crippen molar-refractivity contribution < 1.29 is 23.7 Å². The summed E-state index contributed by atoms with van der Waals surface area (Å²) >= 11 is 7.01. The lowest BCUT2D eigenvalue weighted by Gasteiger charge is -2.15. The molecule has 4 rings (SSSR count). The van der Waals surface area contributed by atoms with E-state index in [4.69, 9.17) is 18.9 Å². The number of rotatable bonds is 12. The lowest BCUT2D eigenvalue weighted by molar-refractivity contribution is 0.0954. The van der Waals surface area contributed by atoms with Crippen molar-refractivity contribution in [1.82, 2.24) is 5.43 Å². The maximum Gasteiger partial charge on any atom is 0.271 e. The van der Waals surface area contributed by atoms with Crippen LogP contribution in [0.2, 0.25) is 0 Å². The van der Waals surface area contributed by atoms with E-state index in [1.807, 2.05) is 73.7 Å². The molecule has 40 heavy (non-hydrogen) atoms. The summed E-state index contributed by atoms with van der Waals surface area (Å²) in [6.07, 6.45) is 1.54. The summed E-state index contributed by atoms with van der Waals surface area (Å²) in [5.41, 5.74) is 5.71. The number of amides is 1. The van der Waals surface area contributed by atoms with Gasteiger partial charge in [0.2, 0.25) is 0 Å². The standard InChI is InChI=1S/C31H28Br2N2O5/c1-3-38-29-16-23(15-26(33)30(29)40-20-22-9-12-25(32)13-10-22)18-34-35-31(36)24-11-14-27(28(17-24)37-2)39-19-21-7-5-4-6-8-21/h4-18H,3,19-20H2,1-2H3,(H,35,36)/b34-18+. The van der Waals surface area contributed by atoms with E-state index >= 15 is 0 Å². The Morgan fingerprint density at radius 1 is 0.825 bits per heavy atom. The summed E-state index contributed by atoms with van der Waals surface area (Å²) in [5, 5.41) is 4.13. The molecule has 0 saturated carbocycles. The van der Waals surface area contributed by atoms with Gasteiger partial charge >= 0.3 is 0 Å². The minimum Gasteiger partial charge on any atom is -0.493 e. The van der Waals surface area contributed by atoms with Gasteiger partial charge < -0.3 is 18.9 Å². The van der Waals surface area contributed by atoms with Gasteiger partial charge in [-0.25, -0.2) is 5.43 Å². The molecule has 0 unspecified atom stereocenters. The van der Waals surface area contributed by atoms with Crippen molar-refractivity contribution in [2.24, 2.45) is 5.10 Å². The van der Waals surface area contributed by atoms with Crippen molar-refractivity contribution in [1.29, 1.82) is 0 Å². The predicted molar refractivity (Wildman–Crippen MR) is 163 cm³/mol. The Balaban J connectivity index is 1.40. The third-order valence-corrected chi connectivity index (χ3v) is 6.79. The summed E-state index contributed by atoms with van der Waals surface area (Å²) in [7, 11) is 1.53. The summed E-state index contributed by atoms with van der Waals surface area (Å²) in [4.78, 5) is 12.7. The van der Waals surface area contributed by atoms with Gasteiger partial charge in [0.25, 0.3) is 5.91 Å². The molecular weight excluding hydrogens is 640 g/mol. The van der Waals surface area contributed by atoms with Crippen molar-refractivity contribution in [2.45, 2.75) is 20.1 Å². The van der Waals surface area contributed by atoms with Crippen molar-refractivity contribution in [3.63, 3.8) is 0 Å². The fourth-order valence-electron chi connectivity index (χ4n) is 3.69. The van der Waals surface area contributed by atoms with E-state index in [1.54, 1.807) is 18.2 Å². The molecule has 0 aliphatic rings. The number of nitrogens with one attached hydrogen (secondary N) is 1. The van der Waals surface area contributed by atoms with Gasteiger partial charge in [0.15, 0.2) is 23.0 Å². The van der Waals surface area contributed by atoms with Gasteiger partial charge in [0.05, 0.1) is 24.4 Å². The van der Waals surface area contributed by atoms with E-state index in [1.165, 1.54) is 13.3 Å². The Morgan fingerprint density at radius 2 is 1.55 bits per heavy atom. The van der Waals surface area contributed by atoms with Crippen LogP contribution in [-0.2, 0) is 13.2 Å². The predicted octanol–water partition coefficient (Wildman–Crippen LogP) is 7.54. The average molecular weight is 668 g/mol. The number of ether oxygens (including phenoxy) is 4. The summed E-state index contributed by atoms with van der Waals surface area (Å²) in [6.45, 7) is 3.14. The highest BCUT2D eigenvalue weighted by Crippen LogP contribution is 2.37. The molecule has 0 aliphatic heterocycles. The van der Waals surface area contributed by atoms with E-state index in [9.17, 15) is 4.79 Å². The lowest BCUT2D eigenvalue weighted by Crippen LogP contribution is -2.17. The first kappa shape index (κ1) is 29.2. The molecule has 0 fully saturated rings. The van der Waals surface area contributed by atoms with Gasteiger partial charge in [-0.05, 0) is 82.0 Å². The molecule has 0 spiro atoms. The second-order valence-electron chi connectivity index (χ2n) is 8.52. The van der Waals surface area contributed by atoms with Crippen LogP contribution in [0.5, 0.6) is 23.0 Å². The number of carbonyl (C=O) groups excluding carboxylic acids is 1. The maximum absolute atomic E-state index is 12.7. The van der Waals surface area contributed by atoms with E-state index in [2.05, 4.69) is 42.4 Å². The molecule has 4 aromatic rings. The molecule has 0 bridgehead atoms. The monoisotopic (exact) mass is 666 g/mol. The van der Waals surface area contributed by atoms with Gasteiger partial charge in [-0.3, -0.25) is 4.79 Å². The molecule has 9 heteroatoms. The minimum absolute atomic E-state index is 0.383. The van der Waals surface area contributed by atoms with Crippen LogP contribution in [-0.4, -0.2) is 25.8 Å². The fourth-order valence-corrected chi connectivity index (χ4v) is 4.53. The van der Waals surface area contributed by atoms with E-state index in [0.29, 0.717) is 58.4 Å². The van der Waals surface area contributed by atoms with Crippen LogP contribution in [0, 0.1) is 0 Å². The van der Waals surface area contributed by atoms with E-state index < -0.39 is 0 Å². The van der Waals surface area contributed by atoms with Crippen LogP contribution in [0.25, 0.3) is 0 Å². The fraction of sp³-hybridized carbons (Fsp3) is 0.161. The zero-order valence-electron chi connectivity index (χ0n) is 22.0. The van der Waals surface area contributed by atoms with Crippen LogP contribution in [0.15, 0.2) is 99.0 Å². The highest BCUT2D eigenvalue weighted by molar-refractivity contribution is 9.10. The number of methoxy groups -OCH3 is 1. The lowest BCUT2D eigenvalue weighted by atomic mass is 10.2. The van der Waals surface area contributed by atoms with Crippen LogP contribution in [0.3, 0.4) is 0 Å². The van der Waals surface area contributed by atoms with Crippen molar-refractivity contribution in [3.8, 4) is 23.0 Å². The summed E-state index contributed by atoms with van der Waals surface area (Å²) in [5.74, 6) is 1.77. The number of halogens is 2. The Labute approximate surface area is 250 Å². The number of nitrogens with zero attached hydrogens (tertiary/aromatic N) is 1. The number of hydrogen-bond acceptors (Lipinski definition) is 6.